The maximum atomic E-state index is 13.0. The summed E-state index contributed by atoms with van der Waals surface area (Å²) in [5.41, 5.74) is 1.55. The molecule has 1 aromatic carbocycles. The molecule has 0 spiro atoms. The third kappa shape index (κ3) is 3.31. The lowest BCUT2D eigenvalue weighted by Gasteiger charge is -2.26. The summed E-state index contributed by atoms with van der Waals surface area (Å²) in [6.07, 6.45) is 0.602. The molecule has 1 aliphatic rings. The Labute approximate surface area is 159 Å². The molecule has 27 heavy (non-hydrogen) atoms. The van der Waals surface area contributed by atoms with Gasteiger partial charge in [-0.05, 0) is 30.1 Å². The minimum Gasteiger partial charge on any atom is -0.449 e. The molecule has 0 bridgehead atoms. The van der Waals surface area contributed by atoms with Gasteiger partial charge in [-0.25, -0.2) is 0 Å². The number of hydrogen-bond acceptors (Lipinski definition) is 7. The van der Waals surface area contributed by atoms with Gasteiger partial charge in [-0.3, -0.25) is 9.59 Å². The Balaban J connectivity index is 1.72. The van der Waals surface area contributed by atoms with Crippen LogP contribution < -0.4 is 5.32 Å². The standard InChI is InChI=1S/C18H18N4O4S/c1-2-12-16(27-21-20-12)17(23)19-14-11-5-3-4-6-13(11)26-15(14)18(24)22-7-9-25-10-8-22/h3-6H,2,7-10H2,1H3,(H,19,23). The van der Waals surface area contributed by atoms with E-state index in [1.807, 2.05) is 25.1 Å². The van der Waals surface area contributed by atoms with Gasteiger partial charge in [-0.1, -0.05) is 23.5 Å². The summed E-state index contributed by atoms with van der Waals surface area (Å²) in [6.45, 7) is 3.86. The fourth-order valence-corrected chi connectivity index (χ4v) is 3.66. The summed E-state index contributed by atoms with van der Waals surface area (Å²) in [6, 6.07) is 7.24. The number of morpholine rings is 1. The van der Waals surface area contributed by atoms with Crippen LogP contribution in [-0.2, 0) is 11.2 Å². The quantitative estimate of drug-likeness (QED) is 0.740. The number of carbonyl (C=O) groups excluding carboxylic acids is 2. The van der Waals surface area contributed by atoms with Crippen LogP contribution in [0.5, 0.6) is 0 Å². The van der Waals surface area contributed by atoms with Gasteiger partial charge in [0.05, 0.1) is 18.9 Å². The average molecular weight is 386 g/mol. The van der Waals surface area contributed by atoms with Gasteiger partial charge in [0, 0.05) is 18.5 Å². The van der Waals surface area contributed by atoms with Crippen molar-refractivity contribution < 1.29 is 18.7 Å². The highest BCUT2D eigenvalue weighted by atomic mass is 32.1. The average Bonchev–Trinajstić information content (AvgIpc) is 3.33. The van der Waals surface area contributed by atoms with Crippen LogP contribution in [0.1, 0.15) is 32.8 Å². The van der Waals surface area contributed by atoms with Crippen LogP contribution in [0.4, 0.5) is 5.69 Å². The Morgan fingerprint density at radius 3 is 2.81 bits per heavy atom. The monoisotopic (exact) mass is 386 g/mol. The molecular weight excluding hydrogens is 368 g/mol. The van der Waals surface area contributed by atoms with Crippen LogP contribution in [0.15, 0.2) is 28.7 Å². The molecule has 3 heterocycles. The van der Waals surface area contributed by atoms with E-state index in [1.54, 1.807) is 11.0 Å². The summed E-state index contributed by atoms with van der Waals surface area (Å²) in [4.78, 5) is 27.9. The van der Waals surface area contributed by atoms with E-state index >= 15 is 0 Å². The number of aryl methyl sites for hydroxylation is 1. The van der Waals surface area contributed by atoms with Gasteiger partial charge < -0.3 is 19.4 Å². The van der Waals surface area contributed by atoms with E-state index in [4.69, 9.17) is 9.15 Å². The van der Waals surface area contributed by atoms with Crippen LogP contribution in [0.25, 0.3) is 11.0 Å². The van der Waals surface area contributed by atoms with Crippen LogP contribution in [-0.4, -0.2) is 52.6 Å². The molecule has 0 radical (unpaired) electrons. The summed E-state index contributed by atoms with van der Waals surface area (Å²) >= 11 is 1.04. The van der Waals surface area contributed by atoms with E-state index < -0.39 is 0 Å². The Morgan fingerprint density at radius 2 is 2.04 bits per heavy atom. The molecule has 3 aromatic rings. The molecule has 9 heteroatoms. The van der Waals surface area contributed by atoms with Gasteiger partial charge in [0.2, 0.25) is 5.76 Å². The van der Waals surface area contributed by atoms with Crippen molar-refractivity contribution in [3.63, 3.8) is 0 Å². The number of amides is 2. The number of nitrogens with one attached hydrogen (secondary N) is 1. The smallest absolute Gasteiger partial charge is 0.291 e. The minimum atomic E-state index is -0.343. The van der Waals surface area contributed by atoms with Crippen molar-refractivity contribution in [1.29, 1.82) is 0 Å². The van der Waals surface area contributed by atoms with E-state index in [0.29, 0.717) is 60.0 Å². The Kier molecular flexibility index (Phi) is 4.87. The van der Waals surface area contributed by atoms with E-state index in [-0.39, 0.29) is 17.6 Å². The Hall–Kier alpha value is -2.78. The van der Waals surface area contributed by atoms with Crippen molar-refractivity contribution in [3.05, 3.63) is 40.6 Å². The largest absolute Gasteiger partial charge is 0.449 e. The molecule has 140 valence electrons. The predicted molar refractivity (Wildman–Crippen MR) is 100 cm³/mol. The summed E-state index contributed by atoms with van der Waals surface area (Å²) in [7, 11) is 0. The van der Waals surface area contributed by atoms with E-state index in [0.717, 1.165) is 11.5 Å². The van der Waals surface area contributed by atoms with Crippen molar-refractivity contribution in [2.45, 2.75) is 13.3 Å². The number of rotatable bonds is 4. The highest BCUT2D eigenvalue weighted by Crippen LogP contribution is 2.32. The molecule has 0 unspecified atom stereocenters. The molecule has 4 rings (SSSR count). The van der Waals surface area contributed by atoms with Crippen molar-refractivity contribution in [2.75, 3.05) is 31.6 Å². The predicted octanol–water partition coefficient (Wildman–Crippen LogP) is 2.57. The molecule has 1 fully saturated rings. The first-order valence-corrected chi connectivity index (χ1v) is 9.47. The number of hydrogen-bond donors (Lipinski definition) is 1. The second-order valence-corrected chi connectivity index (χ2v) is 6.82. The van der Waals surface area contributed by atoms with Gasteiger partial charge in [0.1, 0.15) is 16.1 Å². The lowest BCUT2D eigenvalue weighted by Crippen LogP contribution is -2.40. The van der Waals surface area contributed by atoms with Gasteiger partial charge in [-0.15, -0.1) is 5.10 Å². The molecule has 0 atom stereocenters. The maximum Gasteiger partial charge on any atom is 0.291 e. The topological polar surface area (TPSA) is 97.6 Å². The van der Waals surface area contributed by atoms with E-state index in [2.05, 4.69) is 14.9 Å². The lowest BCUT2D eigenvalue weighted by atomic mass is 10.2. The van der Waals surface area contributed by atoms with Crippen LogP contribution in [0.3, 0.4) is 0 Å². The zero-order chi connectivity index (χ0) is 18.8. The molecule has 1 saturated heterocycles. The Bertz CT molecular complexity index is 990. The maximum absolute atomic E-state index is 13.0. The van der Waals surface area contributed by atoms with Crippen LogP contribution in [0, 0.1) is 0 Å². The first kappa shape index (κ1) is 17.6. The van der Waals surface area contributed by atoms with Gasteiger partial charge in [0.15, 0.2) is 0 Å². The Morgan fingerprint density at radius 1 is 1.26 bits per heavy atom. The normalized spacial score (nSPS) is 14.5. The van der Waals surface area contributed by atoms with E-state index in [9.17, 15) is 9.59 Å². The van der Waals surface area contributed by atoms with Crippen molar-refractivity contribution in [1.82, 2.24) is 14.5 Å². The number of nitrogens with zero attached hydrogens (tertiary/aromatic N) is 3. The van der Waals surface area contributed by atoms with Gasteiger partial charge in [0.25, 0.3) is 11.8 Å². The molecule has 1 aliphatic heterocycles. The number of para-hydroxylation sites is 1. The van der Waals surface area contributed by atoms with Crippen LogP contribution in [0.2, 0.25) is 0 Å². The molecular formula is C18H18N4O4S. The second-order valence-electron chi connectivity index (χ2n) is 6.06. The highest BCUT2D eigenvalue weighted by molar-refractivity contribution is 7.08. The van der Waals surface area contributed by atoms with Crippen molar-refractivity contribution in [2.24, 2.45) is 0 Å². The number of benzene rings is 1. The minimum absolute atomic E-state index is 0.127. The van der Waals surface area contributed by atoms with Crippen molar-refractivity contribution in [3.8, 4) is 0 Å². The van der Waals surface area contributed by atoms with Crippen molar-refractivity contribution >= 4 is 40.0 Å². The van der Waals surface area contributed by atoms with E-state index in [1.165, 1.54) is 0 Å². The number of fused-ring (bicyclic) bond motifs is 1. The zero-order valence-electron chi connectivity index (χ0n) is 14.7. The van der Waals surface area contributed by atoms with Gasteiger partial charge >= 0.3 is 0 Å². The SMILES string of the molecule is CCc1nnsc1C(=O)Nc1c(C(=O)N2CCOCC2)oc2ccccc12. The number of aromatic nitrogens is 2. The number of furan rings is 1. The third-order valence-corrected chi connectivity index (χ3v) is 5.19. The number of anilines is 1. The third-order valence-electron chi connectivity index (χ3n) is 4.42. The lowest BCUT2D eigenvalue weighted by molar-refractivity contribution is 0.0285. The molecule has 1 N–H and O–H groups in total. The number of ether oxygens (including phenoxy) is 1. The first-order chi connectivity index (χ1) is 13.2. The first-order valence-electron chi connectivity index (χ1n) is 8.70. The fraction of sp³-hybridized carbons (Fsp3) is 0.333. The fourth-order valence-electron chi connectivity index (χ4n) is 3.01. The second kappa shape index (κ2) is 7.45. The highest BCUT2D eigenvalue weighted by Gasteiger charge is 2.28. The molecule has 0 aliphatic carbocycles. The van der Waals surface area contributed by atoms with Crippen LogP contribution >= 0.6 is 11.5 Å². The summed E-state index contributed by atoms with van der Waals surface area (Å²) in [5, 5.41) is 7.50. The zero-order valence-corrected chi connectivity index (χ0v) is 15.5. The molecule has 2 amide bonds. The van der Waals surface area contributed by atoms with Gasteiger partial charge in [-0.2, -0.15) is 0 Å². The number of carbonyl (C=O) groups is 2. The summed E-state index contributed by atoms with van der Waals surface area (Å²) in [5.74, 6) is -0.477. The molecule has 2 aromatic heterocycles. The molecule has 0 saturated carbocycles. The molecule has 8 nitrogen and oxygen atoms in total. The summed E-state index contributed by atoms with van der Waals surface area (Å²) < 4.78 is 15.0.